The van der Waals surface area contributed by atoms with E-state index in [0.29, 0.717) is 31.0 Å². The van der Waals surface area contributed by atoms with Crippen LogP contribution in [0.25, 0.3) is 11.3 Å². The quantitative estimate of drug-likeness (QED) is 0.730. The number of carbonyl (C=O) groups is 1. The van der Waals surface area contributed by atoms with E-state index in [2.05, 4.69) is 10.3 Å². The van der Waals surface area contributed by atoms with E-state index < -0.39 is 0 Å². The summed E-state index contributed by atoms with van der Waals surface area (Å²) in [7, 11) is 1.62. The predicted molar refractivity (Wildman–Crippen MR) is 88.2 cm³/mol. The number of aromatic nitrogens is 2. The van der Waals surface area contributed by atoms with Gasteiger partial charge in [-0.3, -0.25) is 4.79 Å². The van der Waals surface area contributed by atoms with Crippen LogP contribution in [0.3, 0.4) is 0 Å². The van der Waals surface area contributed by atoms with Gasteiger partial charge in [-0.05, 0) is 19.1 Å². The highest BCUT2D eigenvalue weighted by Crippen LogP contribution is 2.32. The molecule has 0 N–H and O–H groups in total. The van der Waals surface area contributed by atoms with Crippen LogP contribution in [-0.4, -0.2) is 34.8 Å². The van der Waals surface area contributed by atoms with E-state index in [4.69, 9.17) is 13.8 Å². The molecule has 0 aliphatic carbocycles. The molecule has 3 heterocycles. The van der Waals surface area contributed by atoms with E-state index in [1.165, 1.54) is 0 Å². The minimum Gasteiger partial charge on any atom is -0.497 e. The zero-order valence-electron chi connectivity index (χ0n) is 14.0. The Balaban J connectivity index is 1.64. The molecule has 0 unspecified atom stereocenters. The van der Waals surface area contributed by atoms with Gasteiger partial charge in [-0.1, -0.05) is 22.4 Å². The van der Waals surface area contributed by atoms with Crippen molar-refractivity contribution in [1.82, 2.24) is 15.2 Å². The fraction of sp³-hybridized carbons (Fsp3) is 0.278. The molecular weight excluding hydrogens is 322 g/mol. The zero-order valence-corrected chi connectivity index (χ0v) is 14.0. The second-order valence-electron chi connectivity index (χ2n) is 5.96. The third kappa shape index (κ3) is 2.77. The van der Waals surface area contributed by atoms with Crippen LogP contribution < -0.4 is 4.74 Å². The molecule has 1 aliphatic heterocycles. The van der Waals surface area contributed by atoms with Crippen LogP contribution in [0.1, 0.15) is 27.6 Å². The molecular formula is C18H17N3O4. The Morgan fingerprint density at radius 2 is 2.12 bits per heavy atom. The topological polar surface area (TPSA) is 81.6 Å². The first kappa shape index (κ1) is 15.4. The van der Waals surface area contributed by atoms with Gasteiger partial charge in [0.15, 0.2) is 5.69 Å². The molecule has 3 aromatic rings. The molecule has 0 saturated carbocycles. The van der Waals surface area contributed by atoms with Crippen molar-refractivity contribution in [3.8, 4) is 17.0 Å². The fourth-order valence-electron chi connectivity index (χ4n) is 3.01. The molecule has 0 spiro atoms. The number of methoxy groups -OCH3 is 1. The van der Waals surface area contributed by atoms with Gasteiger partial charge in [-0.2, -0.15) is 0 Å². The highest BCUT2D eigenvalue weighted by Gasteiger charge is 2.29. The van der Waals surface area contributed by atoms with Gasteiger partial charge in [0.25, 0.3) is 5.91 Å². The number of ether oxygens (including phenoxy) is 1. The minimum atomic E-state index is -0.153. The summed E-state index contributed by atoms with van der Waals surface area (Å²) in [5.41, 5.74) is 2.88. The van der Waals surface area contributed by atoms with Crippen molar-refractivity contribution in [3.63, 3.8) is 0 Å². The van der Waals surface area contributed by atoms with Gasteiger partial charge in [0.2, 0.25) is 0 Å². The van der Waals surface area contributed by atoms with Crippen LogP contribution in [0.4, 0.5) is 0 Å². The molecule has 1 amide bonds. The molecule has 2 aromatic heterocycles. The summed E-state index contributed by atoms with van der Waals surface area (Å²) in [6.07, 6.45) is 0.620. The van der Waals surface area contributed by atoms with Crippen LogP contribution in [-0.2, 0) is 13.0 Å². The predicted octanol–water partition coefficient (Wildman–Crippen LogP) is 2.85. The average molecular weight is 339 g/mol. The number of benzene rings is 1. The van der Waals surface area contributed by atoms with Crippen molar-refractivity contribution in [2.24, 2.45) is 0 Å². The maximum atomic E-state index is 12.6. The number of hydrogen-bond donors (Lipinski definition) is 0. The first-order chi connectivity index (χ1) is 12.2. The number of rotatable bonds is 3. The zero-order chi connectivity index (χ0) is 17.4. The fourth-order valence-corrected chi connectivity index (χ4v) is 3.01. The summed E-state index contributed by atoms with van der Waals surface area (Å²) < 4.78 is 15.8. The highest BCUT2D eigenvalue weighted by atomic mass is 16.5. The van der Waals surface area contributed by atoms with E-state index in [0.717, 1.165) is 28.3 Å². The molecule has 0 radical (unpaired) electrons. The lowest BCUT2D eigenvalue weighted by Gasteiger charge is -2.25. The SMILES string of the molecule is COc1cccc(-c2noc3c2CN(C(=O)c2cc(C)on2)CC3)c1. The molecule has 0 saturated heterocycles. The molecule has 0 fully saturated rings. The lowest BCUT2D eigenvalue weighted by molar-refractivity contribution is 0.0718. The van der Waals surface area contributed by atoms with Crippen molar-refractivity contribution in [2.45, 2.75) is 19.9 Å². The van der Waals surface area contributed by atoms with E-state index in [1.54, 1.807) is 25.0 Å². The number of nitrogens with zero attached hydrogens (tertiary/aromatic N) is 3. The van der Waals surface area contributed by atoms with Gasteiger partial charge in [-0.15, -0.1) is 0 Å². The number of hydrogen-bond acceptors (Lipinski definition) is 6. The van der Waals surface area contributed by atoms with Crippen molar-refractivity contribution >= 4 is 5.91 Å². The van der Waals surface area contributed by atoms with Crippen molar-refractivity contribution in [2.75, 3.05) is 13.7 Å². The largest absolute Gasteiger partial charge is 0.497 e. The van der Waals surface area contributed by atoms with Gasteiger partial charge < -0.3 is 18.7 Å². The van der Waals surface area contributed by atoms with Crippen LogP contribution in [0, 0.1) is 6.92 Å². The Hall–Kier alpha value is -3.09. The highest BCUT2D eigenvalue weighted by molar-refractivity contribution is 5.92. The molecule has 4 rings (SSSR count). The van der Waals surface area contributed by atoms with Gasteiger partial charge in [-0.25, -0.2) is 0 Å². The smallest absolute Gasteiger partial charge is 0.276 e. The number of amides is 1. The molecule has 1 aromatic carbocycles. The van der Waals surface area contributed by atoms with E-state index >= 15 is 0 Å². The first-order valence-electron chi connectivity index (χ1n) is 8.00. The Bertz CT molecular complexity index is 928. The Labute approximate surface area is 144 Å². The molecule has 0 bridgehead atoms. The monoisotopic (exact) mass is 339 g/mol. The summed E-state index contributed by atoms with van der Waals surface area (Å²) >= 11 is 0. The van der Waals surface area contributed by atoms with Crippen LogP contribution in [0.2, 0.25) is 0 Å². The normalized spacial score (nSPS) is 13.6. The molecule has 0 atom stereocenters. The summed E-state index contributed by atoms with van der Waals surface area (Å²) in [6.45, 7) is 2.75. The average Bonchev–Trinajstić information content (AvgIpc) is 3.26. The number of aryl methyl sites for hydroxylation is 1. The van der Waals surface area contributed by atoms with Gasteiger partial charge >= 0.3 is 0 Å². The van der Waals surface area contributed by atoms with Crippen molar-refractivity contribution in [3.05, 3.63) is 53.1 Å². The molecule has 1 aliphatic rings. The van der Waals surface area contributed by atoms with Gasteiger partial charge in [0.1, 0.15) is 23.0 Å². The molecule has 7 heteroatoms. The maximum absolute atomic E-state index is 12.6. The van der Waals surface area contributed by atoms with Crippen LogP contribution in [0.5, 0.6) is 5.75 Å². The maximum Gasteiger partial charge on any atom is 0.276 e. The van der Waals surface area contributed by atoms with E-state index in [9.17, 15) is 4.79 Å². The number of fused-ring (bicyclic) bond motifs is 1. The third-order valence-electron chi connectivity index (χ3n) is 4.30. The van der Waals surface area contributed by atoms with E-state index in [1.807, 2.05) is 24.3 Å². The molecule has 25 heavy (non-hydrogen) atoms. The summed E-state index contributed by atoms with van der Waals surface area (Å²) in [5.74, 6) is 2.03. The summed E-state index contributed by atoms with van der Waals surface area (Å²) in [6, 6.07) is 9.27. The van der Waals surface area contributed by atoms with Crippen molar-refractivity contribution in [1.29, 1.82) is 0 Å². The summed E-state index contributed by atoms with van der Waals surface area (Å²) in [4.78, 5) is 14.4. The molecule has 128 valence electrons. The first-order valence-corrected chi connectivity index (χ1v) is 8.00. The Morgan fingerprint density at radius 3 is 2.88 bits per heavy atom. The van der Waals surface area contributed by atoms with Gasteiger partial charge in [0.05, 0.1) is 13.7 Å². The number of carbonyl (C=O) groups excluding carboxylic acids is 1. The lowest BCUT2D eigenvalue weighted by Crippen LogP contribution is -2.35. The third-order valence-corrected chi connectivity index (χ3v) is 4.30. The van der Waals surface area contributed by atoms with Crippen LogP contribution in [0.15, 0.2) is 39.4 Å². The second kappa shape index (κ2) is 6.08. The van der Waals surface area contributed by atoms with Crippen LogP contribution >= 0.6 is 0 Å². The Morgan fingerprint density at radius 1 is 1.24 bits per heavy atom. The summed E-state index contributed by atoms with van der Waals surface area (Å²) in [5, 5.41) is 8.03. The van der Waals surface area contributed by atoms with E-state index in [-0.39, 0.29) is 5.91 Å². The van der Waals surface area contributed by atoms with Gasteiger partial charge in [0, 0.05) is 30.2 Å². The van der Waals surface area contributed by atoms with Crippen molar-refractivity contribution < 1.29 is 18.6 Å². The second-order valence-corrected chi connectivity index (χ2v) is 5.96. The molecule has 7 nitrogen and oxygen atoms in total. The lowest BCUT2D eigenvalue weighted by atomic mass is 10.0. The minimum absolute atomic E-state index is 0.153. The Kier molecular flexibility index (Phi) is 3.76. The standard InChI is InChI=1S/C18H17N3O4/c1-11-8-15(19-24-11)18(22)21-7-6-16-14(10-21)17(20-25-16)12-4-3-5-13(9-12)23-2/h3-5,8-9H,6-7,10H2,1-2H3.